The van der Waals surface area contributed by atoms with E-state index >= 15 is 4.39 Å². The Balaban J connectivity index is 1.33. The molecule has 38 heavy (non-hydrogen) atoms. The Labute approximate surface area is 217 Å². The summed E-state index contributed by atoms with van der Waals surface area (Å²) in [6.07, 6.45) is 6.86. The van der Waals surface area contributed by atoms with Crippen molar-refractivity contribution >= 4 is 29.1 Å². The number of tetrazole rings is 1. The number of carbonyl (C=O) groups excluding carboxylic acids is 1. The van der Waals surface area contributed by atoms with Gasteiger partial charge in [0.1, 0.15) is 12.2 Å². The van der Waals surface area contributed by atoms with Crippen molar-refractivity contribution in [1.29, 1.82) is 0 Å². The topological polar surface area (TPSA) is 143 Å². The number of carbonyl (C=O) groups is 2. The van der Waals surface area contributed by atoms with Crippen molar-refractivity contribution in [3.63, 3.8) is 0 Å². The maximum Gasteiger partial charge on any atom is 0.357 e. The van der Waals surface area contributed by atoms with E-state index in [4.69, 9.17) is 16.7 Å². The van der Waals surface area contributed by atoms with Crippen LogP contribution in [-0.4, -0.2) is 63.1 Å². The first-order valence-electron chi connectivity index (χ1n) is 11.5. The fourth-order valence-corrected chi connectivity index (χ4v) is 5.31. The number of carboxylic acids is 1. The molecule has 4 aromatic rings. The molecule has 2 aliphatic heterocycles. The summed E-state index contributed by atoms with van der Waals surface area (Å²) in [6.45, 7) is 0. The fourth-order valence-electron chi connectivity index (χ4n) is 5.15. The molecule has 1 aromatic carbocycles. The van der Waals surface area contributed by atoms with Gasteiger partial charge in [0.15, 0.2) is 17.3 Å². The molecule has 1 amide bonds. The minimum absolute atomic E-state index is 0.00408. The Morgan fingerprint density at radius 1 is 1.16 bits per heavy atom. The van der Waals surface area contributed by atoms with Crippen molar-refractivity contribution in [1.82, 2.24) is 40.1 Å². The maximum absolute atomic E-state index is 15.3. The largest absolute Gasteiger partial charge is 0.476 e. The highest BCUT2D eigenvalue weighted by Crippen LogP contribution is 2.44. The van der Waals surface area contributed by atoms with Gasteiger partial charge >= 0.3 is 5.97 Å². The highest BCUT2D eigenvalue weighted by molar-refractivity contribution is 6.31. The molecule has 14 heteroatoms. The number of nitrogens with zero attached hydrogens (tertiary/aromatic N) is 7. The zero-order chi connectivity index (χ0) is 26.6. The molecule has 0 radical (unpaired) electrons. The van der Waals surface area contributed by atoms with Crippen molar-refractivity contribution in [3.05, 3.63) is 76.7 Å². The molecule has 2 atom stereocenters. The van der Waals surface area contributed by atoms with Crippen LogP contribution in [0.25, 0.3) is 22.5 Å². The minimum atomic E-state index is -1.48. The Kier molecular flexibility index (Phi) is 5.71. The molecule has 1 saturated heterocycles. The van der Waals surface area contributed by atoms with Gasteiger partial charge in [-0.25, -0.2) is 23.5 Å². The van der Waals surface area contributed by atoms with Crippen LogP contribution in [0, 0.1) is 11.6 Å². The maximum atomic E-state index is 15.3. The van der Waals surface area contributed by atoms with Crippen LogP contribution in [0.5, 0.6) is 0 Å². The SMILES string of the molecule is O=C(O)c1nccc(-c2cnc([C@@H]3CC[C@@H]4CC(c5c(-n6cnnn6)ccc(Cl)c5F)=CC(=O)N43)[nH]2)c1F. The number of rotatable bonds is 5. The van der Waals surface area contributed by atoms with Crippen molar-refractivity contribution in [2.75, 3.05) is 0 Å². The van der Waals surface area contributed by atoms with E-state index in [9.17, 15) is 14.0 Å². The van der Waals surface area contributed by atoms with Crippen molar-refractivity contribution < 1.29 is 23.5 Å². The van der Waals surface area contributed by atoms with Crippen LogP contribution in [0.1, 0.15) is 47.2 Å². The Hall–Kier alpha value is -4.52. The molecule has 11 nitrogen and oxygen atoms in total. The van der Waals surface area contributed by atoms with Crippen molar-refractivity contribution in [2.45, 2.75) is 31.3 Å². The Bertz CT molecular complexity index is 1620. The molecular weight excluding hydrogens is 522 g/mol. The van der Waals surface area contributed by atoms with E-state index in [1.54, 1.807) is 11.0 Å². The van der Waals surface area contributed by atoms with E-state index in [1.807, 2.05) is 0 Å². The van der Waals surface area contributed by atoms with E-state index < -0.39 is 29.3 Å². The third kappa shape index (κ3) is 3.82. The van der Waals surface area contributed by atoms with Crippen molar-refractivity contribution in [2.24, 2.45) is 0 Å². The summed E-state index contributed by atoms with van der Waals surface area (Å²) < 4.78 is 31.3. The van der Waals surface area contributed by atoms with Gasteiger partial charge < -0.3 is 15.0 Å². The predicted octanol–water partition coefficient (Wildman–Crippen LogP) is 3.60. The molecule has 0 saturated carbocycles. The van der Waals surface area contributed by atoms with Gasteiger partial charge in [0.25, 0.3) is 0 Å². The number of benzene rings is 1. The standard InChI is InChI=1S/C24H17ClF2N8O3/c25-14-2-4-16(34-10-30-32-33-34)19(21(14)27)11-7-12-1-3-17(35(12)18(36)8-11)23-29-9-15(31-23)13-5-6-28-22(20(13)26)24(37)38/h2,4-6,8-10,12,17H,1,3,7H2,(H,29,31)(H,37,38)/t12-,17+/m1/s1. The van der Waals surface area contributed by atoms with Crippen LogP contribution in [-0.2, 0) is 4.79 Å². The molecule has 1 fully saturated rings. The lowest BCUT2D eigenvalue weighted by atomic mass is 9.92. The monoisotopic (exact) mass is 538 g/mol. The molecule has 2 aliphatic rings. The highest BCUT2D eigenvalue weighted by atomic mass is 35.5. The molecule has 192 valence electrons. The number of pyridine rings is 1. The zero-order valence-corrected chi connectivity index (χ0v) is 20.1. The summed E-state index contributed by atoms with van der Waals surface area (Å²) in [5.74, 6) is -3.03. The quantitative estimate of drug-likeness (QED) is 0.392. The number of amides is 1. The van der Waals surface area contributed by atoms with E-state index in [0.717, 1.165) is 0 Å². The molecule has 0 bridgehead atoms. The van der Waals surface area contributed by atoms with Crippen LogP contribution < -0.4 is 0 Å². The lowest BCUT2D eigenvalue weighted by Crippen LogP contribution is -2.39. The minimum Gasteiger partial charge on any atom is -0.476 e. The average Bonchev–Trinajstić information content (AvgIpc) is 3.66. The van der Waals surface area contributed by atoms with Gasteiger partial charge in [0, 0.05) is 29.4 Å². The predicted molar refractivity (Wildman–Crippen MR) is 128 cm³/mol. The summed E-state index contributed by atoms with van der Waals surface area (Å²) in [6, 6.07) is 3.67. The summed E-state index contributed by atoms with van der Waals surface area (Å²) >= 11 is 6.07. The van der Waals surface area contributed by atoms with Crippen LogP contribution in [0.2, 0.25) is 5.02 Å². The number of H-pyrrole nitrogens is 1. The number of aromatic amines is 1. The molecular formula is C24H17ClF2N8O3. The first kappa shape index (κ1) is 23.9. The number of fused-ring (bicyclic) bond motifs is 1. The third-order valence-electron chi connectivity index (χ3n) is 6.79. The number of aromatic nitrogens is 7. The lowest BCUT2D eigenvalue weighted by molar-refractivity contribution is -0.129. The first-order valence-corrected chi connectivity index (χ1v) is 11.9. The third-order valence-corrected chi connectivity index (χ3v) is 7.08. The average molecular weight is 539 g/mol. The fraction of sp³-hybridized carbons (Fsp3) is 0.208. The van der Waals surface area contributed by atoms with Gasteiger partial charge in [-0.05, 0) is 53.5 Å². The number of carboxylic acid groups (broad SMARTS) is 1. The van der Waals surface area contributed by atoms with Gasteiger partial charge in [-0.2, -0.15) is 4.68 Å². The normalized spacial score (nSPS) is 19.0. The molecule has 5 heterocycles. The molecule has 0 unspecified atom stereocenters. The number of hydrogen-bond donors (Lipinski definition) is 2. The first-order chi connectivity index (χ1) is 18.3. The van der Waals surface area contributed by atoms with Crippen LogP contribution >= 0.6 is 11.6 Å². The number of aromatic carboxylic acids is 1. The lowest BCUT2D eigenvalue weighted by Gasteiger charge is -2.33. The summed E-state index contributed by atoms with van der Waals surface area (Å²) in [4.78, 5) is 37.2. The zero-order valence-electron chi connectivity index (χ0n) is 19.3. The molecule has 3 aromatic heterocycles. The molecule has 6 rings (SSSR count). The van der Waals surface area contributed by atoms with E-state index in [-0.39, 0.29) is 33.8 Å². The van der Waals surface area contributed by atoms with Gasteiger partial charge in [-0.1, -0.05) is 11.6 Å². The number of imidazole rings is 1. The van der Waals surface area contributed by atoms with Crippen LogP contribution in [0.3, 0.4) is 0 Å². The summed E-state index contributed by atoms with van der Waals surface area (Å²) in [5, 5.41) is 20.1. The second kappa shape index (κ2) is 9.10. The van der Waals surface area contributed by atoms with E-state index in [1.165, 1.54) is 41.6 Å². The molecule has 0 spiro atoms. The summed E-state index contributed by atoms with van der Waals surface area (Å²) in [5.41, 5.74) is 0.557. The van der Waals surface area contributed by atoms with E-state index in [0.29, 0.717) is 36.3 Å². The van der Waals surface area contributed by atoms with Crippen LogP contribution in [0.4, 0.5) is 8.78 Å². The molecule has 2 N–H and O–H groups in total. The Morgan fingerprint density at radius 3 is 2.76 bits per heavy atom. The number of nitrogens with one attached hydrogen (secondary N) is 1. The van der Waals surface area contributed by atoms with Gasteiger partial charge in [-0.15, -0.1) is 5.10 Å². The molecule has 0 aliphatic carbocycles. The van der Waals surface area contributed by atoms with Crippen LogP contribution in [0.15, 0.2) is 43.0 Å². The van der Waals surface area contributed by atoms with Crippen molar-refractivity contribution in [3.8, 4) is 16.9 Å². The second-order valence-electron chi connectivity index (χ2n) is 8.88. The van der Waals surface area contributed by atoms with Gasteiger partial charge in [0.05, 0.1) is 28.6 Å². The van der Waals surface area contributed by atoms with Gasteiger partial charge in [-0.3, -0.25) is 4.79 Å². The Morgan fingerprint density at radius 2 is 2.00 bits per heavy atom. The second-order valence-corrected chi connectivity index (χ2v) is 9.29. The number of hydrogen-bond acceptors (Lipinski definition) is 7. The smallest absolute Gasteiger partial charge is 0.357 e. The van der Waals surface area contributed by atoms with E-state index in [2.05, 4.69) is 30.5 Å². The summed E-state index contributed by atoms with van der Waals surface area (Å²) in [7, 11) is 0. The van der Waals surface area contributed by atoms with Gasteiger partial charge in [0.2, 0.25) is 5.91 Å². The highest BCUT2D eigenvalue weighted by Gasteiger charge is 2.42. The number of halogens is 3.